The van der Waals surface area contributed by atoms with E-state index in [4.69, 9.17) is 5.11 Å². The Morgan fingerprint density at radius 1 is 1.33 bits per heavy atom. The average molecular weight is 353 g/mol. The van der Waals surface area contributed by atoms with E-state index < -0.39 is 16.0 Å². The lowest BCUT2D eigenvalue weighted by atomic mass is 10.3. The highest BCUT2D eigenvalue weighted by atomic mass is 32.2. The molecule has 2 aromatic rings. The molecule has 0 aliphatic carbocycles. The molecule has 0 fully saturated rings. The fraction of sp³-hybridized carbons (Fsp3) is 0.400. The molecular weight excluding hydrogens is 334 g/mol. The van der Waals surface area contributed by atoms with Crippen molar-refractivity contribution < 1.29 is 23.4 Å². The lowest BCUT2D eigenvalue weighted by Crippen LogP contribution is -2.38. The largest absolute Gasteiger partial charge is 0.477 e. The zero-order chi connectivity index (χ0) is 17.5. The molecule has 0 saturated carbocycles. The van der Waals surface area contributed by atoms with Crippen LogP contribution in [-0.2, 0) is 29.7 Å². The van der Waals surface area contributed by atoms with Gasteiger partial charge in [0, 0.05) is 37.2 Å². The van der Waals surface area contributed by atoms with Crippen molar-refractivity contribution in [2.75, 3.05) is 13.2 Å². The number of aromatic carboxylic acids is 1. The van der Waals surface area contributed by atoms with Crippen molar-refractivity contribution in [3.63, 3.8) is 0 Å². The zero-order valence-electron chi connectivity index (χ0n) is 13.2. The van der Waals surface area contributed by atoms with Gasteiger partial charge < -0.3 is 19.3 Å². The molecule has 0 amide bonds. The summed E-state index contributed by atoms with van der Waals surface area (Å²) in [5, 5.41) is 18.4. The van der Waals surface area contributed by atoms with E-state index in [9.17, 15) is 18.3 Å². The zero-order valence-corrected chi connectivity index (χ0v) is 14.0. The van der Waals surface area contributed by atoms with Gasteiger partial charge in [0.25, 0.3) is 0 Å². The molecule has 9 heteroatoms. The minimum absolute atomic E-state index is 0.0200. The third kappa shape index (κ3) is 2.64. The number of carboxylic acids is 1. The summed E-state index contributed by atoms with van der Waals surface area (Å²) in [5.74, 6) is -1.22. The van der Waals surface area contributed by atoms with E-state index in [0.29, 0.717) is 18.8 Å². The van der Waals surface area contributed by atoms with Gasteiger partial charge in [-0.2, -0.15) is 4.31 Å². The molecule has 130 valence electrons. The van der Waals surface area contributed by atoms with Crippen LogP contribution in [0.15, 0.2) is 29.3 Å². The fourth-order valence-electron chi connectivity index (χ4n) is 3.08. The lowest BCUT2D eigenvalue weighted by Gasteiger charge is -2.27. The molecule has 2 N–H and O–H groups in total. The monoisotopic (exact) mass is 353 g/mol. The maximum Gasteiger partial charge on any atom is 0.352 e. The molecule has 24 heavy (non-hydrogen) atoms. The molecular formula is C15H19N3O5S. The van der Waals surface area contributed by atoms with Gasteiger partial charge in [0.2, 0.25) is 10.0 Å². The van der Waals surface area contributed by atoms with Crippen molar-refractivity contribution in [2.24, 2.45) is 0 Å². The van der Waals surface area contributed by atoms with E-state index in [0.717, 1.165) is 5.69 Å². The van der Waals surface area contributed by atoms with Crippen molar-refractivity contribution in [1.82, 2.24) is 13.4 Å². The first-order valence-corrected chi connectivity index (χ1v) is 8.98. The van der Waals surface area contributed by atoms with Crippen LogP contribution < -0.4 is 0 Å². The summed E-state index contributed by atoms with van der Waals surface area (Å²) >= 11 is 0. The Hall–Kier alpha value is -2.10. The van der Waals surface area contributed by atoms with Crippen LogP contribution in [0, 0.1) is 6.92 Å². The normalized spacial score (nSPS) is 15.4. The predicted molar refractivity (Wildman–Crippen MR) is 85.2 cm³/mol. The van der Waals surface area contributed by atoms with Gasteiger partial charge in [-0.15, -0.1) is 0 Å². The summed E-state index contributed by atoms with van der Waals surface area (Å²) in [6.45, 7) is 2.46. The molecule has 3 rings (SSSR count). The third-order valence-corrected chi connectivity index (χ3v) is 6.29. The van der Waals surface area contributed by atoms with E-state index in [-0.39, 0.29) is 30.3 Å². The second-order valence-electron chi connectivity index (χ2n) is 5.69. The van der Waals surface area contributed by atoms with Gasteiger partial charge in [0.05, 0.1) is 13.2 Å². The van der Waals surface area contributed by atoms with Crippen LogP contribution >= 0.6 is 0 Å². The van der Waals surface area contributed by atoms with E-state index in [1.807, 2.05) is 22.9 Å². The first-order valence-electron chi connectivity index (χ1n) is 7.54. The average Bonchev–Trinajstić information content (AvgIpc) is 3.12. The molecule has 0 aromatic carbocycles. The van der Waals surface area contributed by atoms with Gasteiger partial charge in [-0.05, 0) is 25.1 Å². The SMILES string of the molecule is Cc1c(S(=O)(=O)N2CCn3cccc3C2)cc(C(=O)O)n1CCO. The van der Waals surface area contributed by atoms with Gasteiger partial charge >= 0.3 is 5.97 Å². The Balaban J connectivity index is 2.02. The molecule has 2 aromatic heterocycles. The number of nitrogens with zero attached hydrogens (tertiary/aromatic N) is 3. The van der Waals surface area contributed by atoms with Gasteiger partial charge in [0.1, 0.15) is 10.6 Å². The predicted octanol–water partition coefficient (Wildman–Crippen LogP) is 0.493. The Bertz CT molecular complexity index is 881. The molecule has 1 aliphatic heterocycles. The number of sulfonamides is 1. The van der Waals surface area contributed by atoms with Crippen LogP contribution in [0.5, 0.6) is 0 Å². The highest BCUT2D eigenvalue weighted by Gasteiger charge is 2.32. The molecule has 3 heterocycles. The number of aliphatic hydroxyl groups excluding tert-OH is 1. The summed E-state index contributed by atoms with van der Waals surface area (Å²) in [5.41, 5.74) is 1.08. The number of aliphatic hydroxyl groups is 1. The minimum atomic E-state index is -3.81. The molecule has 0 atom stereocenters. The first kappa shape index (κ1) is 16.7. The first-order chi connectivity index (χ1) is 11.4. The van der Waals surface area contributed by atoms with Crippen LogP contribution in [-0.4, -0.2) is 51.2 Å². The Kier molecular flexibility index (Phi) is 4.24. The standard InChI is InChI=1S/C15H19N3O5S/c1-11-14(9-13(15(20)21)18(11)7-8-19)24(22,23)17-6-5-16-4-2-3-12(16)10-17/h2-4,9,19H,5-8,10H2,1H3,(H,20,21). The topological polar surface area (TPSA) is 105 Å². The van der Waals surface area contributed by atoms with Crippen molar-refractivity contribution in [3.8, 4) is 0 Å². The number of carbonyl (C=O) groups is 1. The second kappa shape index (κ2) is 6.08. The van der Waals surface area contributed by atoms with Crippen LogP contribution in [0.3, 0.4) is 0 Å². The van der Waals surface area contributed by atoms with Crippen molar-refractivity contribution in [1.29, 1.82) is 0 Å². The molecule has 0 saturated heterocycles. The molecule has 0 spiro atoms. The lowest BCUT2D eigenvalue weighted by molar-refractivity contribution is 0.0683. The Labute approximate surface area is 139 Å². The minimum Gasteiger partial charge on any atom is -0.477 e. The Morgan fingerprint density at radius 3 is 2.75 bits per heavy atom. The molecule has 1 aliphatic rings. The number of fused-ring (bicyclic) bond motifs is 1. The summed E-state index contributed by atoms with van der Waals surface area (Å²) in [6, 6.07) is 4.92. The maximum absolute atomic E-state index is 13.0. The molecule has 0 bridgehead atoms. The quantitative estimate of drug-likeness (QED) is 0.814. The number of hydrogen-bond acceptors (Lipinski definition) is 4. The maximum atomic E-state index is 13.0. The van der Waals surface area contributed by atoms with Crippen LogP contribution in [0.2, 0.25) is 0 Å². The molecule has 8 nitrogen and oxygen atoms in total. The smallest absolute Gasteiger partial charge is 0.352 e. The van der Waals surface area contributed by atoms with Gasteiger partial charge in [-0.3, -0.25) is 0 Å². The summed E-state index contributed by atoms with van der Waals surface area (Å²) in [4.78, 5) is 11.4. The highest BCUT2D eigenvalue weighted by molar-refractivity contribution is 7.89. The molecule has 0 unspecified atom stereocenters. The number of carboxylic acid groups (broad SMARTS) is 1. The van der Waals surface area contributed by atoms with Crippen molar-refractivity contribution in [2.45, 2.75) is 31.5 Å². The summed E-state index contributed by atoms with van der Waals surface area (Å²) < 4.78 is 30.6. The van der Waals surface area contributed by atoms with Crippen LogP contribution in [0.1, 0.15) is 21.9 Å². The van der Waals surface area contributed by atoms with Gasteiger partial charge in [-0.25, -0.2) is 13.2 Å². The van der Waals surface area contributed by atoms with Crippen LogP contribution in [0.25, 0.3) is 0 Å². The van der Waals surface area contributed by atoms with E-state index in [1.165, 1.54) is 14.9 Å². The van der Waals surface area contributed by atoms with E-state index >= 15 is 0 Å². The van der Waals surface area contributed by atoms with Crippen molar-refractivity contribution >= 4 is 16.0 Å². The number of rotatable bonds is 5. The number of hydrogen-bond donors (Lipinski definition) is 2. The summed E-state index contributed by atoms with van der Waals surface area (Å²) in [6.07, 6.45) is 1.91. The highest BCUT2D eigenvalue weighted by Crippen LogP contribution is 2.27. The van der Waals surface area contributed by atoms with Crippen LogP contribution in [0.4, 0.5) is 0 Å². The van der Waals surface area contributed by atoms with E-state index in [1.54, 1.807) is 6.92 Å². The van der Waals surface area contributed by atoms with E-state index in [2.05, 4.69) is 0 Å². The Morgan fingerprint density at radius 2 is 2.08 bits per heavy atom. The molecule has 0 radical (unpaired) electrons. The fourth-order valence-corrected chi connectivity index (χ4v) is 4.73. The van der Waals surface area contributed by atoms with Crippen molar-refractivity contribution in [3.05, 3.63) is 41.5 Å². The van der Waals surface area contributed by atoms with Gasteiger partial charge in [-0.1, -0.05) is 0 Å². The summed E-state index contributed by atoms with van der Waals surface area (Å²) in [7, 11) is -3.81. The van der Waals surface area contributed by atoms with Gasteiger partial charge in [0.15, 0.2) is 0 Å². The third-order valence-electron chi connectivity index (χ3n) is 4.33. The number of aromatic nitrogens is 2. The second-order valence-corrected chi connectivity index (χ2v) is 7.60.